The van der Waals surface area contributed by atoms with Crippen LogP contribution < -0.4 is 33.2 Å². The minimum Gasteiger partial charge on any atom is -0.467 e. The van der Waals surface area contributed by atoms with Crippen molar-refractivity contribution < 1.29 is 62.4 Å². The van der Waals surface area contributed by atoms with Gasteiger partial charge in [-0.1, -0.05) is 0 Å². The Morgan fingerprint density at radius 2 is 1.81 bits per heavy atom. The molecule has 52 heavy (non-hydrogen) atoms. The maximum Gasteiger partial charge on any atom is 0.249 e. The SMILES string of the molecule is CN[C@@H]1[C@@H](O)[C@@H](O[C@@H]2[C@@H](O)[C@H](O[C@H]3OC(CNCCOCCOCC(=N)CCC(F)F)=CC[C@H]3N)[C@@H](N)C[C@H]2NC(=O)[C@@H](O)CCN)OC[C@]1(C)O. The van der Waals surface area contributed by atoms with Gasteiger partial charge in [0.2, 0.25) is 18.6 Å². The summed E-state index contributed by atoms with van der Waals surface area (Å²) in [4.78, 5) is 12.8. The lowest BCUT2D eigenvalue weighted by Gasteiger charge is -2.48. The van der Waals surface area contributed by atoms with Crippen LogP contribution in [0.25, 0.3) is 0 Å². The van der Waals surface area contributed by atoms with E-state index in [0.717, 1.165) is 0 Å². The van der Waals surface area contributed by atoms with E-state index in [1.807, 2.05) is 6.08 Å². The fraction of sp³-hybridized carbons (Fsp3) is 0.875. The molecule has 2 fully saturated rings. The maximum absolute atomic E-state index is 12.8. The molecule has 1 saturated carbocycles. The Balaban J connectivity index is 1.54. The number of nitrogens with one attached hydrogen (secondary N) is 4. The highest BCUT2D eigenvalue weighted by atomic mass is 19.3. The molecular formula is C32H59F2N7O11. The number of ether oxygens (including phenoxy) is 6. The van der Waals surface area contributed by atoms with Crippen LogP contribution in [0.4, 0.5) is 8.78 Å². The zero-order valence-electron chi connectivity index (χ0n) is 29.8. The normalized spacial score (nSPS) is 34.4. The molecular weight excluding hydrogens is 696 g/mol. The van der Waals surface area contributed by atoms with Crippen molar-refractivity contribution in [1.82, 2.24) is 16.0 Å². The average Bonchev–Trinajstić information content (AvgIpc) is 3.08. The molecule has 0 spiro atoms. The molecule has 3 rings (SSSR count). The summed E-state index contributed by atoms with van der Waals surface area (Å²) in [7, 11) is 1.56. The third-order valence-corrected chi connectivity index (χ3v) is 9.08. The minimum atomic E-state index is -2.44. The van der Waals surface area contributed by atoms with Crippen molar-refractivity contribution in [2.75, 3.05) is 59.7 Å². The Bertz CT molecular complexity index is 1130. The topological polar surface area (TPSA) is 291 Å². The van der Waals surface area contributed by atoms with E-state index in [0.29, 0.717) is 31.9 Å². The van der Waals surface area contributed by atoms with Gasteiger partial charge in [0.1, 0.15) is 41.9 Å². The van der Waals surface area contributed by atoms with Gasteiger partial charge in [0, 0.05) is 24.7 Å². The Hall–Kier alpha value is -2.02. The molecule has 302 valence electrons. The van der Waals surface area contributed by atoms with Crippen molar-refractivity contribution in [2.24, 2.45) is 17.2 Å². The van der Waals surface area contributed by atoms with Crippen LogP contribution in [0.1, 0.15) is 39.0 Å². The van der Waals surface area contributed by atoms with Gasteiger partial charge in [-0.25, -0.2) is 8.78 Å². The zero-order valence-corrected chi connectivity index (χ0v) is 29.8. The van der Waals surface area contributed by atoms with Crippen LogP contribution in [0.2, 0.25) is 0 Å². The van der Waals surface area contributed by atoms with Gasteiger partial charge in [0.25, 0.3) is 0 Å². The van der Waals surface area contributed by atoms with Crippen molar-refractivity contribution in [3.8, 4) is 0 Å². The van der Waals surface area contributed by atoms with Gasteiger partial charge in [0.05, 0.1) is 57.7 Å². The molecule has 3 aliphatic rings. The first kappa shape index (κ1) is 44.4. The molecule has 1 amide bonds. The smallest absolute Gasteiger partial charge is 0.249 e. The van der Waals surface area contributed by atoms with E-state index in [1.165, 1.54) is 6.92 Å². The molecule has 18 nitrogen and oxygen atoms in total. The summed E-state index contributed by atoms with van der Waals surface area (Å²) >= 11 is 0. The number of amides is 1. The van der Waals surface area contributed by atoms with E-state index in [1.54, 1.807) is 7.05 Å². The van der Waals surface area contributed by atoms with Crippen molar-refractivity contribution in [3.63, 3.8) is 0 Å². The summed E-state index contributed by atoms with van der Waals surface area (Å²) < 4.78 is 59.2. The lowest BCUT2D eigenvalue weighted by Crippen LogP contribution is -2.69. The molecule has 1 aliphatic carbocycles. The Morgan fingerprint density at radius 3 is 2.50 bits per heavy atom. The standard InChI is InChI=1S/C32H59F2N7O11/c1-32(46)16-49-31(25(44)28(32)39-2)52-27-21(41-29(45)22(42)7-8-35)13-20(38)26(24(27)43)51-30-19(37)5-4-18(50-30)14-40-9-10-47-11-12-48-15-17(36)3-6-23(33)34/h4,19-28,30-31,36,39-40,42-44,46H,3,5-16,35,37-38H2,1-2H3,(H,41,45)/t19-,20+,21-,22+,24+,25-,26-,27+,28-,30-,31-,32+/m1/s1. The third kappa shape index (κ3) is 13.4. The molecule has 2 aliphatic heterocycles. The summed E-state index contributed by atoms with van der Waals surface area (Å²) in [5.41, 5.74) is 17.0. The van der Waals surface area contributed by atoms with E-state index < -0.39 is 85.2 Å². The average molecular weight is 756 g/mol. The molecule has 1 saturated heterocycles. The van der Waals surface area contributed by atoms with E-state index in [2.05, 4.69) is 16.0 Å². The van der Waals surface area contributed by atoms with E-state index in [4.69, 9.17) is 51.0 Å². The van der Waals surface area contributed by atoms with Gasteiger partial charge in [0.15, 0.2) is 6.29 Å². The fourth-order valence-corrected chi connectivity index (χ4v) is 6.21. The van der Waals surface area contributed by atoms with Gasteiger partial charge in [-0.15, -0.1) is 0 Å². The number of likely N-dealkylation sites (N-methyl/N-ethyl adjacent to an activating group) is 1. The Kier molecular flexibility index (Phi) is 18.6. The van der Waals surface area contributed by atoms with E-state index in [-0.39, 0.29) is 64.4 Å². The first-order valence-electron chi connectivity index (χ1n) is 17.6. The monoisotopic (exact) mass is 755 g/mol. The lowest BCUT2D eigenvalue weighted by atomic mass is 9.83. The van der Waals surface area contributed by atoms with Gasteiger partial charge >= 0.3 is 0 Å². The second-order valence-electron chi connectivity index (χ2n) is 13.5. The zero-order chi connectivity index (χ0) is 38.4. The van der Waals surface area contributed by atoms with Crippen LogP contribution >= 0.6 is 0 Å². The molecule has 0 aromatic rings. The number of aliphatic hydroxyl groups excluding tert-OH is 3. The van der Waals surface area contributed by atoms with Crippen LogP contribution in [0.15, 0.2) is 11.8 Å². The first-order valence-corrected chi connectivity index (χ1v) is 17.6. The highest BCUT2D eigenvalue weighted by Crippen LogP contribution is 2.32. The summed E-state index contributed by atoms with van der Waals surface area (Å²) in [5.74, 6) is -0.212. The van der Waals surface area contributed by atoms with Crippen molar-refractivity contribution in [1.29, 1.82) is 5.41 Å². The predicted molar refractivity (Wildman–Crippen MR) is 182 cm³/mol. The molecule has 0 bridgehead atoms. The van der Waals surface area contributed by atoms with Gasteiger partial charge in [-0.2, -0.15) is 0 Å². The van der Waals surface area contributed by atoms with Crippen LogP contribution in [-0.2, 0) is 33.2 Å². The number of carbonyl (C=O) groups is 1. The molecule has 0 aromatic carbocycles. The van der Waals surface area contributed by atoms with E-state index in [9.17, 15) is 34.0 Å². The fourth-order valence-electron chi connectivity index (χ4n) is 6.21. The molecule has 0 aromatic heterocycles. The number of halogens is 2. The predicted octanol–water partition coefficient (Wildman–Crippen LogP) is -3.26. The lowest BCUT2D eigenvalue weighted by molar-refractivity contribution is -0.304. The Morgan fingerprint density at radius 1 is 1.10 bits per heavy atom. The first-order chi connectivity index (χ1) is 24.7. The quantitative estimate of drug-likeness (QED) is 0.0382. The maximum atomic E-state index is 12.8. The highest BCUT2D eigenvalue weighted by molar-refractivity contribution is 5.82. The number of rotatable bonds is 22. The number of carbonyl (C=O) groups excluding carboxylic acids is 1. The minimum absolute atomic E-state index is 0.000724. The number of nitrogens with two attached hydrogens (primary N) is 3. The molecule has 20 heteroatoms. The van der Waals surface area contributed by atoms with Crippen molar-refractivity contribution >= 4 is 11.6 Å². The highest BCUT2D eigenvalue weighted by Gasteiger charge is 2.52. The number of alkyl halides is 2. The number of hydrogen-bond donors (Lipinski definition) is 11. The third-order valence-electron chi connectivity index (χ3n) is 9.08. The molecule has 2 heterocycles. The second-order valence-corrected chi connectivity index (χ2v) is 13.5. The van der Waals surface area contributed by atoms with Gasteiger partial charge in [-0.05, 0) is 52.3 Å². The summed E-state index contributed by atoms with van der Waals surface area (Å²) in [6.45, 7) is 2.93. The summed E-state index contributed by atoms with van der Waals surface area (Å²) in [6.07, 6.45) is -9.57. The van der Waals surface area contributed by atoms with E-state index >= 15 is 0 Å². The van der Waals surface area contributed by atoms with Crippen molar-refractivity contribution in [2.45, 2.75) is 118 Å². The van der Waals surface area contributed by atoms with Gasteiger partial charge in [-0.3, -0.25) is 4.79 Å². The Labute approximate surface area is 302 Å². The van der Waals surface area contributed by atoms with Gasteiger partial charge < -0.3 is 87.4 Å². The van der Waals surface area contributed by atoms with Crippen LogP contribution in [0, 0.1) is 5.41 Å². The molecule has 12 atom stereocenters. The summed E-state index contributed by atoms with van der Waals surface area (Å²) in [6, 6.07) is -3.28. The number of hydrogen-bond acceptors (Lipinski definition) is 17. The number of aliphatic hydroxyl groups is 4. The van der Waals surface area contributed by atoms with Crippen molar-refractivity contribution in [3.05, 3.63) is 11.8 Å². The van der Waals surface area contributed by atoms with Crippen LogP contribution in [0.3, 0.4) is 0 Å². The second kappa shape index (κ2) is 21.8. The molecule has 0 unspecified atom stereocenters. The van der Waals surface area contributed by atoms with Crippen LogP contribution in [-0.4, -0.2) is 171 Å². The van der Waals surface area contributed by atoms with Crippen LogP contribution in [0.5, 0.6) is 0 Å². The largest absolute Gasteiger partial charge is 0.467 e. The summed E-state index contributed by atoms with van der Waals surface area (Å²) in [5, 5.41) is 59.9. The molecule has 0 radical (unpaired) electrons. The molecule has 14 N–H and O–H groups in total.